The summed E-state index contributed by atoms with van der Waals surface area (Å²) in [6, 6.07) is -2.84. The number of cyclic esters (lactones) is 1. The van der Waals surface area contributed by atoms with Crippen LogP contribution >= 0.6 is 0 Å². The van der Waals surface area contributed by atoms with Gasteiger partial charge in [-0.3, -0.25) is 4.79 Å². The Morgan fingerprint density at radius 3 is 2.52 bits per heavy atom. The van der Waals surface area contributed by atoms with Crippen molar-refractivity contribution in [3.63, 3.8) is 0 Å². The highest BCUT2D eigenvalue weighted by Crippen LogP contribution is 2.27. The number of carbonyl (C=O) groups excluding carboxylic acids is 4. The molecule has 0 aliphatic carbocycles. The summed E-state index contributed by atoms with van der Waals surface area (Å²) in [6.07, 6.45) is 0.582. The van der Waals surface area contributed by atoms with Crippen LogP contribution in [0.2, 0.25) is 0 Å². The smallest absolute Gasteiger partial charge is 0.408 e. The van der Waals surface area contributed by atoms with Crippen LogP contribution in [0.3, 0.4) is 0 Å². The number of ether oxygens (including phenoxy) is 3. The first-order chi connectivity index (χ1) is 11.6. The number of carbonyl (C=O) groups is 4. The van der Waals surface area contributed by atoms with Gasteiger partial charge in [-0.25, -0.2) is 14.4 Å². The van der Waals surface area contributed by atoms with Gasteiger partial charge in [0.2, 0.25) is 5.91 Å². The second-order valence-electron chi connectivity index (χ2n) is 7.06. The highest BCUT2D eigenvalue weighted by Gasteiger charge is 2.47. The van der Waals surface area contributed by atoms with Crippen LogP contribution in [0.5, 0.6) is 0 Å². The Morgan fingerprint density at radius 2 is 1.92 bits per heavy atom. The number of hydrogen-bond donors (Lipinski definition) is 1. The monoisotopic (exact) mass is 356 g/mol. The highest BCUT2D eigenvalue weighted by molar-refractivity contribution is 5.95. The SMILES string of the molecule is COC(=O)[C@@H]1CCCC2C(=O)OC[C@H](NC(=O)OC(C)(C)C)C(=O)N21. The van der Waals surface area contributed by atoms with Gasteiger partial charge in [0.25, 0.3) is 0 Å². The van der Waals surface area contributed by atoms with Crippen molar-refractivity contribution < 1.29 is 33.4 Å². The van der Waals surface area contributed by atoms with E-state index in [0.29, 0.717) is 19.3 Å². The molecule has 0 spiro atoms. The van der Waals surface area contributed by atoms with E-state index in [2.05, 4.69) is 5.32 Å². The molecule has 1 unspecified atom stereocenters. The number of rotatable bonds is 2. The molecular weight excluding hydrogens is 332 g/mol. The molecule has 2 aliphatic rings. The third-order valence-electron chi connectivity index (χ3n) is 4.01. The van der Waals surface area contributed by atoms with E-state index < -0.39 is 47.7 Å². The predicted octanol–water partition coefficient (Wildman–Crippen LogP) is 0.359. The maximum atomic E-state index is 12.9. The molecule has 2 rings (SSSR count). The zero-order valence-electron chi connectivity index (χ0n) is 14.9. The topological polar surface area (TPSA) is 111 Å². The van der Waals surface area contributed by atoms with Crippen molar-refractivity contribution in [2.45, 2.75) is 63.8 Å². The molecule has 0 saturated carbocycles. The Bertz CT molecular complexity index is 569. The average molecular weight is 356 g/mol. The molecule has 2 fully saturated rings. The lowest BCUT2D eigenvalue weighted by Gasteiger charge is -2.38. The Morgan fingerprint density at radius 1 is 1.24 bits per heavy atom. The van der Waals surface area contributed by atoms with E-state index in [-0.39, 0.29) is 6.61 Å². The summed E-state index contributed by atoms with van der Waals surface area (Å²) in [6.45, 7) is 4.76. The van der Waals surface area contributed by atoms with Gasteiger partial charge in [-0.15, -0.1) is 0 Å². The molecule has 0 bridgehead atoms. The van der Waals surface area contributed by atoms with E-state index in [1.165, 1.54) is 12.0 Å². The lowest BCUT2D eigenvalue weighted by Crippen LogP contribution is -2.59. The molecule has 140 valence electrons. The lowest BCUT2D eigenvalue weighted by molar-refractivity contribution is -0.162. The molecular formula is C16H24N2O7. The van der Waals surface area contributed by atoms with Crippen molar-refractivity contribution in [3.8, 4) is 0 Å². The number of fused-ring (bicyclic) bond motifs is 1. The van der Waals surface area contributed by atoms with Crippen molar-refractivity contribution >= 4 is 23.9 Å². The normalized spacial score (nSPS) is 26.9. The first-order valence-electron chi connectivity index (χ1n) is 8.20. The quantitative estimate of drug-likeness (QED) is 0.561. The van der Waals surface area contributed by atoms with Crippen LogP contribution in [0.1, 0.15) is 40.0 Å². The summed E-state index contributed by atoms with van der Waals surface area (Å²) < 4.78 is 15.0. The fraction of sp³-hybridized carbons (Fsp3) is 0.750. The minimum absolute atomic E-state index is 0.308. The summed E-state index contributed by atoms with van der Waals surface area (Å²) in [5.74, 6) is -1.74. The number of esters is 2. The van der Waals surface area contributed by atoms with Crippen molar-refractivity contribution in [1.82, 2.24) is 10.2 Å². The average Bonchev–Trinajstić information content (AvgIpc) is 2.64. The van der Waals surface area contributed by atoms with Gasteiger partial charge in [-0.2, -0.15) is 0 Å². The third kappa shape index (κ3) is 4.40. The van der Waals surface area contributed by atoms with Gasteiger partial charge in [0, 0.05) is 0 Å². The molecule has 0 aromatic rings. The third-order valence-corrected chi connectivity index (χ3v) is 4.01. The number of amides is 2. The summed E-state index contributed by atoms with van der Waals surface area (Å²) in [7, 11) is 1.23. The Balaban J connectivity index is 2.21. The van der Waals surface area contributed by atoms with Gasteiger partial charge < -0.3 is 24.4 Å². The number of hydrogen-bond acceptors (Lipinski definition) is 7. The Hall–Kier alpha value is -2.32. The fourth-order valence-electron chi connectivity index (χ4n) is 2.97. The van der Waals surface area contributed by atoms with Crippen LogP contribution in [-0.4, -0.2) is 66.3 Å². The Labute approximate surface area is 145 Å². The second-order valence-corrected chi connectivity index (χ2v) is 7.06. The molecule has 2 aliphatic heterocycles. The Kier molecular flexibility index (Phi) is 5.54. The fourth-order valence-corrected chi connectivity index (χ4v) is 2.97. The molecule has 1 N–H and O–H groups in total. The van der Waals surface area contributed by atoms with Gasteiger partial charge in [-0.1, -0.05) is 0 Å². The zero-order chi connectivity index (χ0) is 18.8. The number of piperidine rings is 1. The molecule has 0 aromatic carbocycles. The summed E-state index contributed by atoms with van der Waals surface area (Å²) in [4.78, 5) is 50.2. The molecule has 25 heavy (non-hydrogen) atoms. The van der Waals surface area contributed by atoms with E-state index in [1.54, 1.807) is 20.8 Å². The molecule has 0 aromatic heterocycles. The summed E-state index contributed by atoms with van der Waals surface area (Å²) in [5, 5.41) is 2.41. The number of alkyl carbamates (subject to hydrolysis) is 1. The van der Waals surface area contributed by atoms with Crippen LogP contribution in [0.4, 0.5) is 4.79 Å². The van der Waals surface area contributed by atoms with Gasteiger partial charge >= 0.3 is 18.0 Å². The highest BCUT2D eigenvalue weighted by atomic mass is 16.6. The maximum Gasteiger partial charge on any atom is 0.408 e. The molecule has 2 saturated heterocycles. The van der Waals surface area contributed by atoms with E-state index in [1.807, 2.05) is 0 Å². The van der Waals surface area contributed by atoms with E-state index >= 15 is 0 Å². The van der Waals surface area contributed by atoms with Gasteiger partial charge in [0.1, 0.15) is 30.3 Å². The van der Waals surface area contributed by atoms with Crippen molar-refractivity contribution in [1.29, 1.82) is 0 Å². The van der Waals surface area contributed by atoms with Gasteiger partial charge in [0.05, 0.1) is 7.11 Å². The van der Waals surface area contributed by atoms with Crippen molar-refractivity contribution in [2.75, 3.05) is 13.7 Å². The van der Waals surface area contributed by atoms with E-state index in [9.17, 15) is 19.2 Å². The summed E-state index contributed by atoms with van der Waals surface area (Å²) in [5.41, 5.74) is -0.739. The minimum atomic E-state index is -1.12. The molecule has 2 heterocycles. The van der Waals surface area contributed by atoms with Crippen LogP contribution in [0, 0.1) is 0 Å². The molecule has 0 radical (unpaired) electrons. The summed E-state index contributed by atoms with van der Waals surface area (Å²) >= 11 is 0. The standard InChI is InChI=1S/C16H24N2O7/c1-16(2,3)25-15(22)17-9-8-24-14(21)11-7-5-6-10(13(20)23-4)18(11)12(9)19/h9-11H,5-8H2,1-4H3,(H,17,22)/t9-,10-,11?/m0/s1. The van der Waals surface area contributed by atoms with Crippen molar-refractivity contribution in [3.05, 3.63) is 0 Å². The van der Waals surface area contributed by atoms with E-state index in [4.69, 9.17) is 14.2 Å². The van der Waals surface area contributed by atoms with Crippen LogP contribution in [-0.2, 0) is 28.6 Å². The molecule has 9 nitrogen and oxygen atoms in total. The number of methoxy groups -OCH3 is 1. The first kappa shape index (κ1) is 19.0. The van der Waals surface area contributed by atoms with Gasteiger partial charge in [0.15, 0.2) is 0 Å². The lowest BCUT2D eigenvalue weighted by atomic mass is 9.95. The molecule has 9 heteroatoms. The van der Waals surface area contributed by atoms with Crippen molar-refractivity contribution in [2.24, 2.45) is 0 Å². The van der Waals surface area contributed by atoms with Crippen LogP contribution in [0.15, 0.2) is 0 Å². The van der Waals surface area contributed by atoms with Crippen LogP contribution in [0.25, 0.3) is 0 Å². The predicted molar refractivity (Wildman–Crippen MR) is 84.4 cm³/mol. The number of nitrogens with zero attached hydrogens (tertiary/aromatic N) is 1. The molecule has 2 amide bonds. The molecule has 3 atom stereocenters. The second kappa shape index (κ2) is 7.28. The van der Waals surface area contributed by atoms with Crippen LogP contribution < -0.4 is 5.32 Å². The van der Waals surface area contributed by atoms with E-state index in [0.717, 1.165) is 0 Å². The maximum absolute atomic E-state index is 12.9. The first-order valence-corrected chi connectivity index (χ1v) is 8.20. The zero-order valence-corrected chi connectivity index (χ0v) is 14.9. The largest absolute Gasteiger partial charge is 0.467 e. The van der Waals surface area contributed by atoms with Gasteiger partial charge in [-0.05, 0) is 40.0 Å². The minimum Gasteiger partial charge on any atom is -0.467 e. The number of nitrogens with one attached hydrogen (secondary N) is 1.